The first kappa shape index (κ1) is 16.0. The van der Waals surface area contributed by atoms with Gasteiger partial charge in [-0.2, -0.15) is 5.10 Å². The first-order chi connectivity index (χ1) is 12.2. The van der Waals surface area contributed by atoms with E-state index >= 15 is 0 Å². The zero-order valence-electron chi connectivity index (χ0n) is 14.2. The summed E-state index contributed by atoms with van der Waals surface area (Å²) in [6.45, 7) is 3.98. The van der Waals surface area contributed by atoms with Gasteiger partial charge < -0.3 is 5.32 Å². The van der Waals surface area contributed by atoms with Crippen LogP contribution >= 0.6 is 0 Å². The number of benzene rings is 1. The second kappa shape index (κ2) is 6.41. The van der Waals surface area contributed by atoms with Gasteiger partial charge in [0, 0.05) is 11.8 Å². The fourth-order valence-electron chi connectivity index (χ4n) is 3.89. The molecule has 4 nitrogen and oxygen atoms in total. The number of nitrogens with zero attached hydrogens (tertiary/aromatic N) is 2. The van der Waals surface area contributed by atoms with Gasteiger partial charge in [0.15, 0.2) is 0 Å². The van der Waals surface area contributed by atoms with E-state index in [4.69, 9.17) is 0 Å². The number of piperidine rings is 1. The van der Waals surface area contributed by atoms with Crippen molar-refractivity contribution in [2.45, 2.75) is 25.2 Å². The zero-order chi connectivity index (χ0) is 17.3. The summed E-state index contributed by atoms with van der Waals surface area (Å²) in [5.74, 6) is -0.236. The smallest absolute Gasteiger partial charge is 0.123 e. The molecule has 1 aliphatic rings. The molecule has 1 aliphatic heterocycles. The van der Waals surface area contributed by atoms with Crippen molar-refractivity contribution in [3.8, 4) is 11.3 Å². The number of hydrogen-bond acceptors (Lipinski definition) is 3. The molecule has 3 aromatic rings. The largest absolute Gasteiger partial charge is 0.317 e. The Balaban J connectivity index is 1.82. The molecule has 2 N–H and O–H groups in total. The van der Waals surface area contributed by atoms with Gasteiger partial charge in [-0.1, -0.05) is 6.07 Å². The molecule has 0 amide bonds. The van der Waals surface area contributed by atoms with Crippen LogP contribution in [0.3, 0.4) is 0 Å². The van der Waals surface area contributed by atoms with Crippen LogP contribution in [0.25, 0.3) is 11.3 Å². The molecule has 5 heteroatoms. The standard InChI is InChI=1S/C20H21FN4/c1-14-18(15-5-7-16(21)8-6-15)24-25-19(14)20(9-12-22-13-10-20)17-4-2-3-11-23-17/h2-8,11,22H,9-10,12-13H2,1H3,(H,24,25). The Bertz CT molecular complexity index is 849. The maximum Gasteiger partial charge on any atom is 0.123 e. The van der Waals surface area contributed by atoms with Crippen LogP contribution < -0.4 is 5.32 Å². The molecule has 0 unspecified atom stereocenters. The Morgan fingerprint density at radius 2 is 1.80 bits per heavy atom. The van der Waals surface area contributed by atoms with Gasteiger partial charge >= 0.3 is 0 Å². The second-order valence-corrected chi connectivity index (χ2v) is 6.63. The summed E-state index contributed by atoms with van der Waals surface area (Å²) in [5.41, 5.74) is 4.94. The lowest BCUT2D eigenvalue weighted by atomic mass is 9.72. The lowest BCUT2D eigenvalue weighted by Crippen LogP contribution is -2.42. The number of nitrogens with one attached hydrogen (secondary N) is 2. The lowest BCUT2D eigenvalue weighted by molar-refractivity contribution is 0.345. The highest BCUT2D eigenvalue weighted by Gasteiger charge is 2.40. The molecule has 1 aromatic carbocycles. The molecule has 0 spiro atoms. The molecular weight excluding hydrogens is 315 g/mol. The van der Waals surface area contributed by atoms with Crippen LogP contribution in [-0.4, -0.2) is 28.3 Å². The average molecular weight is 336 g/mol. The van der Waals surface area contributed by atoms with Crippen LogP contribution in [0.4, 0.5) is 4.39 Å². The number of halogens is 1. The third-order valence-corrected chi connectivity index (χ3v) is 5.22. The van der Waals surface area contributed by atoms with Crippen LogP contribution in [0.15, 0.2) is 48.7 Å². The van der Waals surface area contributed by atoms with Gasteiger partial charge in [0.05, 0.1) is 22.5 Å². The van der Waals surface area contributed by atoms with E-state index in [1.807, 2.05) is 18.3 Å². The first-order valence-electron chi connectivity index (χ1n) is 8.64. The van der Waals surface area contributed by atoms with E-state index in [2.05, 4.69) is 33.5 Å². The first-order valence-corrected chi connectivity index (χ1v) is 8.64. The van der Waals surface area contributed by atoms with Gasteiger partial charge in [0.2, 0.25) is 0 Å². The van der Waals surface area contributed by atoms with E-state index < -0.39 is 0 Å². The third kappa shape index (κ3) is 2.74. The molecule has 0 aliphatic carbocycles. The van der Waals surface area contributed by atoms with Crippen molar-refractivity contribution in [1.82, 2.24) is 20.5 Å². The van der Waals surface area contributed by atoms with E-state index in [1.165, 1.54) is 12.1 Å². The van der Waals surface area contributed by atoms with E-state index in [0.717, 1.165) is 54.1 Å². The monoisotopic (exact) mass is 336 g/mol. The van der Waals surface area contributed by atoms with Gasteiger partial charge in [-0.05, 0) is 74.8 Å². The summed E-state index contributed by atoms with van der Waals surface area (Å²) in [5, 5.41) is 11.3. The molecule has 0 radical (unpaired) electrons. The van der Waals surface area contributed by atoms with Crippen molar-refractivity contribution in [1.29, 1.82) is 0 Å². The molecule has 2 aromatic heterocycles. The van der Waals surface area contributed by atoms with Gasteiger partial charge in [-0.25, -0.2) is 4.39 Å². The zero-order valence-corrected chi connectivity index (χ0v) is 14.2. The summed E-state index contributed by atoms with van der Waals surface area (Å²) in [6, 6.07) is 12.6. The van der Waals surface area contributed by atoms with Gasteiger partial charge in [-0.3, -0.25) is 10.1 Å². The Kier molecular flexibility index (Phi) is 4.09. The third-order valence-electron chi connectivity index (χ3n) is 5.22. The predicted molar refractivity (Wildman–Crippen MR) is 95.8 cm³/mol. The quantitative estimate of drug-likeness (QED) is 0.768. The minimum Gasteiger partial charge on any atom is -0.317 e. The molecular formula is C20H21FN4. The van der Waals surface area contributed by atoms with Crippen molar-refractivity contribution >= 4 is 0 Å². The van der Waals surface area contributed by atoms with Crippen LogP contribution in [0, 0.1) is 12.7 Å². The van der Waals surface area contributed by atoms with Crippen molar-refractivity contribution in [2.24, 2.45) is 0 Å². The minimum atomic E-state index is -0.236. The van der Waals surface area contributed by atoms with E-state index in [9.17, 15) is 4.39 Å². The summed E-state index contributed by atoms with van der Waals surface area (Å²) in [7, 11) is 0. The molecule has 0 bridgehead atoms. The second-order valence-electron chi connectivity index (χ2n) is 6.63. The van der Waals surface area contributed by atoms with Crippen molar-refractivity contribution < 1.29 is 4.39 Å². The average Bonchev–Trinajstić information content (AvgIpc) is 3.06. The number of aromatic amines is 1. The van der Waals surface area contributed by atoms with E-state index in [1.54, 1.807) is 12.1 Å². The number of H-pyrrole nitrogens is 1. The van der Waals surface area contributed by atoms with Gasteiger partial charge in [0.25, 0.3) is 0 Å². The van der Waals surface area contributed by atoms with E-state index in [0.29, 0.717) is 0 Å². The van der Waals surface area contributed by atoms with Crippen molar-refractivity contribution in [2.75, 3.05) is 13.1 Å². The molecule has 25 heavy (non-hydrogen) atoms. The Labute approximate surface area is 146 Å². The predicted octanol–water partition coefficient (Wildman–Crippen LogP) is 3.59. The minimum absolute atomic E-state index is 0.165. The fraction of sp³-hybridized carbons (Fsp3) is 0.300. The molecule has 3 heterocycles. The van der Waals surface area contributed by atoms with Crippen molar-refractivity contribution in [3.05, 3.63) is 71.4 Å². The summed E-state index contributed by atoms with van der Waals surface area (Å²) >= 11 is 0. The number of pyridine rings is 1. The summed E-state index contributed by atoms with van der Waals surface area (Å²) in [4.78, 5) is 4.66. The van der Waals surface area contributed by atoms with Crippen LogP contribution in [0.2, 0.25) is 0 Å². The molecule has 1 saturated heterocycles. The van der Waals surface area contributed by atoms with Crippen molar-refractivity contribution in [3.63, 3.8) is 0 Å². The molecule has 0 atom stereocenters. The number of aromatic nitrogens is 3. The number of hydrogen-bond donors (Lipinski definition) is 2. The van der Waals surface area contributed by atoms with Gasteiger partial charge in [0.1, 0.15) is 5.82 Å². The van der Waals surface area contributed by atoms with E-state index in [-0.39, 0.29) is 11.2 Å². The molecule has 128 valence electrons. The summed E-state index contributed by atoms with van der Waals surface area (Å²) in [6.07, 6.45) is 3.79. The van der Waals surface area contributed by atoms with Crippen LogP contribution in [-0.2, 0) is 5.41 Å². The highest BCUT2D eigenvalue weighted by Crippen LogP contribution is 2.41. The van der Waals surface area contributed by atoms with Crippen LogP contribution in [0.5, 0.6) is 0 Å². The number of rotatable bonds is 3. The summed E-state index contributed by atoms with van der Waals surface area (Å²) < 4.78 is 13.2. The SMILES string of the molecule is Cc1c(-c2ccc(F)cc2)n[nH]c1C1(c2ccccn2)CCNCC1. The normalized spacial score (nSPS) is 16.7. The Hall–Kier alpha value is -2.53. The highest BCUT2D eigenvalue weighted by molar-refractivity contribution is 5.64. The van der Waals surface area contributed by atoms with Gasteiger partial charge in [-0.15, -0.1) is 0 Å². The Morgan fingerprint density at radius 3 is 2.48 bits per heavy atom. The fourth-order valence-corrected chi connectivity index (χ4v) is 3.89. The topological polar surface area (TPSA) is 53.6 Å². The highest BCUT2D eigenvalue weighted by atomic mass is 19.1. The lowest BCUT2D eigenvalue weighted by Gasteiger charge is -2.37. The maximum atomic E-state index is 13.2. The maximum absolute atomic E-state index is 13.2. The molecule has 1 fully saturated rings. The molecule has 0 saturated carbocycles. The Morgan fingerprint density at radius 1 is 1.04 bits per heavy atom. The molecule has 4 rings (SSSR count). The van der Waals surface area contributed by atoms with Crippen LogP contribution in [0.1, 0.15) is 29.8 Å².